The smallest absolute Gasteiger partial charge is 0.260 e. The molecular formula is C15H19NO5. The summed E-state index contributed by atoms with van der Waals surface area (Å²) in [5.41, 5.74) is 0.414. The number of carbonyl (C=O) groups excluding carboxylic acids is 2. The summed E-state index contributed by atoms with van der Waals surface area (Å²) in [6.07, 6.45) is 2.78. The van der Waals surface area contributed by atoms with Crippen LogP contribution in [0.3, 0.4) is 0 Å². The molecule has 1 aliphatic carbocycles. The zero-order chi connectivity index (χ0) is 15.4. The average molecular weight is 293 g/mol. The number of likely N-dealkylation sites (N-methyl/N-ethyl adjacent to an activating group) is 1. The first-order chi connectivity index (χ1) is 10.1. The molecule has 1 saturated carbocycles. The predicted octanol–water partition coefficient (Wildman–Crippen LogP) is 1.52. The second kappa shape index (κ2) is 6.47. The van der Waals surface area contributed by atoms with E-state index < -0.39 is 0 Å². The van der Waals surface area contributed by atoms with Crippen molar-refractivity contribution in [2.24, 2.45) is 0 Å². The molecule has 0 aliphatic heterocycles. The maximum atomic E-state index is 12.0. The van der Waals surface area contributed by atoms with Crippen LogP contribution in [-0.2, 0) is 4.79 Å². The number of amides is 1. The third-order valence-electron chi connectivity index (χ3n) is 3.45. The van der Waals surface area contributed by atoms with Gasteiger partial charge in [-0.1, -0.05) is 0 Å². The standard InChI is InChI=1S/C15H19NO5/c1-16(11-4-5-11)14(18)9-21-15-12(19-2)6-10(8-17)7-13(15)20-3/h6-8,11H,4-5,9H2,1-3H3. The van der Waals surface area contributed by atoms with E-state index >= 15 is 0 Å². The zero-order valence-electron chi connectivity index (χ0n) is 12.4. The lowest BCUT2D eigenvalue weighted by atomic mass is 10.2. The van der Waals surface area contributed by atoms with Crippen LogP contribution in [0.1, 0.15) is 23.2 Å². The van der Waals surface area contributed by atoms with E-state index in [4.69, 9.17) is 14.2 Å². The van der Waals surface area contributed by atoms with Gasteiger partial charge in [0.05, 0.1) is 14.2 Å². The minimum Gasteiger partial charge on any atom is -0.493 e. The summed E-state index contributed by atoms with van der Waals surface area (Å²) in [6.45, 7) is -0.0971. The molecule has 1 aromatic carbocycles. The van der Waals surface area contributed by atoms with E-state index in [-0.39, 0.29) is 12.5 Å². The van der Waals surface area contributed by atoms with Crippen LogP contribution in [0.2, 0.25) is 0 Å². The Hall–Kier alpha value is -2.24. The number of benzene rings is 1. The van der Waals surface area contributed by atoms with E-state index in [0.29, 0.717) is 35.1 Å². The molecule has 0 bridgehead atoms. The SMILES string of the molecule is COc1cc(C=O)cc(OC)c1OCC(=O)N(C)C1CC1. The van der Waals surface area contributed by atoms with E-state index in [0.717, 1.165) is 12.8 Å². The quantitative estimate of drug-likeness (QED) is 0.713. The highest BCUT2D eigenvalue weighted by molar-refractivity contribution is 5.80. The van der Waals surface area contributed by atoms with Crippen molar-refractivity contribution >= 4 is 12.2 Å². The average Bonchev–Trinajstić information content (AvgIpc) is 3.35. The van der Waals surface area contributed by atoms with Crippen molar-refractivity contribution in [3.05, 3.63) is 17.7 Å². The number of aldehydes is 1. The Morgan fingerprint density at radius 2 is 1.86 bits per heavy atom. The van der Waals surface area contributed by atoms with Crippen LogP contribution >= 0.6 is 0 Å². The second-order valence-electron chi connectivity index (χ2n) is 4.90. The van der Waals surface area contributed by atoms with Gasteiger partial charge < -0.3 is 19.1 Å². The van der Waals surface area contributed by atoms with E-state index in [1.807, 2.05) is 0 Å². The summed E-state index contributed by atoms with van der Waals surface area (Å²) in [7, 11) is 4.70. The third-order valence-corrected chi connectivity index (χ3v) is 3.45. The highest BCUT2D eigenvalue weighted by Gasteiger charge is 2.30. The van der Waals surface area contributed by atoms with Crippen molar-refractivity contribution in [3.8, 4) is 17.2 Å². The predicted molar refractivity (Wildman–Crippen MR) is 76.2 cm³/mol. The molecule has 0 N–H and O–H groups in total. The summed E-state index contributed by atoms with van der Waals surface area (Å²) >= 11 is 0. The topological polar surface area (TPSA) is 65.1 Å². The maximum Gasteiger partial charge on any atom is 0.260 e. The molecule has 1 fully saturated rings. The molecule has 21 heavy (non-hydrogen) atoms. The van der Waals surface area contributed by atoms with Crippen LogP contribution in [0.25, 0.3) is 0 Å². The molecule has 2 rings (SSSR count). The van der Waals surface area contributed by atoms with Gasteiger partial charge in [0.15, 0.2) is 18.1 Å². The van der Waals surface area contributed by atoms with Gasteiger partial charge in [0.1, 0.15) is 6.29 Å². The summed E-state index contributed by atoms with van der Waals surface area (Å²) in [5.74, 6) is 0.945. The largest absolute Gasteiger partial charge is 0.493 e. The molecule has 0 saturated heterocycles. The first-order valence-electron chi connectivity index (χ1n) is 6.70. The van der Waals surface area contributed by atoms with Crippen molar-refractivity contribution in [3.63, 3.8) is 0 Å². The van der Waals surface area contributed by atoms with Crippen molar-refractivity contribution < 1.29 is 23.8 Å². The fourth-order valence-electron chi connectivity index (χ4n) is 2.01. The lowest BCUT2D eigenvalue weighted by Gasteiger charge is -2.18. The van der Waals surface area contributed by atoms with Crippen LogP contribution in [0.5, 0.6) is 17.2 Å². The molecule has 0 aromatic heterocycles. The minimum absolute atomic E-state index is 0.0962. The highest BCUT2D eigenvalue weighted by Crippen LogP contribution is 2.38. The van der Waals surface area contributed by atoms with E-state index in [1.54, 1.807) is 24.1 Å². The van der Waals surface area contributed by atoms with Crippen molar-refractivity contribution in [1.82, 2.24) is 4.90 Å². The van der Waals surface area contributed by atoms with Gasteiger partial charge in [-0.05, 0) is 25.0 Å². The zero-order valence-corrected chi connectivity index (χ0v) is 12.4. The van der Waals surface area contributed by atoms with E-state index in [9.17, 15) is 9.59 Å². The Bertz CT molecular complexity index is 514. The third kappa shape index (κ3) is 3.45. The van der Waals surface area contributed by atoms with E-state index in [1.165, 1.54) is 14.2 Å². The molecule has 6 nitrogen and oxygen atoms in total. The van der Waals surface area contributed by atoms with Gasteiger partial charge in [-0.3, -0.25) is 9.59 Å². The second-order valence-corrected chi connectivity index (χ2v) is 4.90. The lowest BCUT2D eigenvalue weighted by molar-refractivity contribution is -0.132. The summed E-state index contributed by atoms with van der Waals surface area (Å²) < 4.78 is 15.9. The van der Waals surface area contributed by atoms with Gasteiger partial charge in [-0.15, -0.1) is 0 Å². The molecule has 0 radical (unpaired) electrons. The van der Waals surface area contributed by atoms with Gasteiger partial charge in [0.25, 0.3) is 5.91 Å². The molecule has 0 heterocycles. The Morgan fingerprint density at radius 3 is 2.29 bits per heavy atom. The summed E-state index contributed by atoms with van der Waals surface area (Å²) in [6, 6.07) is 3.42. The number of hydrogen-bond donors (Lipinski definition) is 0. The van der Waals surface area contributed by atoms with E-state index in [2.05, 4.69) is 0 Å². The van der Waals surface area contributed by atoms with Crippen LogP contribution in [-0.4, -0.2) is 51.0 Å². The number of methoxy groups -OCH3 is 2. The van der Waals surface area contributed by atoms with Gasteiger partial charge >= 0.3 is 0 Å². The molecule has 6 heteroatoms. The van der Waals surface area contributed by atoms with Gasteiger partial charge in [0, 0.05) is 18.7 Å². The molecule has 0 spiro atoms. The van der Waals surface area contributed by atoms with Crippen LogP contribution < -0.4 is 14.2 Å². The summed E-state index contributed by atoms with van der Waals surface area (Å²) in [4.78, 5) is 24.6. The van der Waals surface area contributed by atoms with Crippen LogP contribution in [0, 0.1) is 0 Å². The number of ether oxygens (including phenoxy) is 3. The summed E-state index contributed by atoms with van der Waals surface area (Å²) in [5, 5.41) is 0. The first kappa shape index (κ1) is 15.2. The Labute approximate surface area is 123 Å². The fourth-order valence-corrected chi connectivity index (χ4v) is 2.01. The Balaban J connectivity index is 2.13. The van der Waals surface area contributed by atoms with Crippen LogP contribution in [0.4, 0.5) is 0 Å². The number of nitrogens with zero attached hydrogens (tertiary/aromatic N) is 1. The van der Waals surface area contributed by atoms with Gasteiger partial charge in [-0.2, -0.15) is 0 Å². The van der Waals surface area contributed by atoms with Crippen molar-refractivity contribution in [1.29, 1.82) is 0 Å². The Morgan fingerprint density at radius 1 is 1.29 bits per heavy atom. The number of hydrogen-bond acceptors (Lipinski definition) is 5. The first-order valence-corrected chi connectivity index (χ1v) is 6.70. The molecule has 1 aromatic rings. The number of rotatable bonds is 7. The molecular weight excluding hydrogens is 274 g/mol. The van der Waals surface area contributed by atoms with Crippen molar-refractivity contribution in [2.45, 2.75) is 18.9 Å². The molecule has 0 atom stereocenters. The molecule has 1 amide bonds. The fraction of sp³-hybridized carbons (Fsp3) is 0.467. The minimum atomic E-state index is -0.0971. The number of carbonyl (C=O) groups is 2. The maximum absolute atomic E-state index is 12.0. The van der Waals surface area contributed by atoms with Gasteiger partial charge in [-0.25, -0.2) is 0 Å². The van der Waals surface area contributed by atoms with Crippen molar-refractivity contribution in [2.75, 3.05) is 27.9 Å². The Kier molecular flexibility index (Phi) is 4.67. The lowest BCUT2D eigenvalue weighted by Crippen LogP contribution is -2.33. The van der Waals surface area contributed by atoms with Crippen LogP contribution in [0.15, 0.2) is 12.1 Å². The van der Waals surface area contributed by atoms with Gasteiger partial charge in [0.2, 0.25) is 5.75 Å². The molecule has 114 valence electrons. The monoisotopic (exact) mass is 293 g/mol. The highest BCUT2D eigenvalue weighted by atomic mass is 16.5. The molecule has 1 aliphatic rings. The molecule has 0 unspecified atom stereocenters. The normalized spacial score (nSPS) is 13.5.